The predicted octanol–water partition coefficient (Wildman–Crippen LogP) is 9.00. The highest BCUT2D eigenvalue weighted by Crippen LogP contribution is 2.53. The van der Waals surface area contributed by atoms with E-state index in [-0.39, 0.29) is 11.5 Å². The first-order valence-electron chi connectivity index (χ1n) is 13.3. The van der Waals surface area contributed by atoms with E-state index in [2.05, 4.69) is 52.9 Å². The van der Waals surface area contributed by atoms with E-state index in [9.17, 15) is 5.11 Å². The van der Waals surface area contributed by atoms with Crippen molar-refractivity contribution in [1.82, 2.24) is 0 Å². The summed E-state index contributed by atoms with van der Waals surface area (Å²) in [5.41, 5.74) is 3.51. The van der Waals surface area contributed by atoms with Gasteiger partial charge in [-0.05, 0) is 57.7 Å². The zero-order chi connectivity index (χ0) is 23.4. The lowest BCUT2D eigenvalue weighted by molar-refractivity contribution is 0.0107. The molecule has 3 rings (SSSR count). The van der Waals surface area contributed by atoms with Crippen LogP contribution in [-0.4, -0.2) is 18.8 Å². The van der Waals surface area contributed by atoms with Gasteiger partial charge in [-0.3, -0.25) is 0 Å². The van der Waals surface area contributed by atoms with E-state index >= 15 is 0 Å². The molecule has 0 unspecified atom stereocenters. The van der Waals surface area contributed by atoms with Gasteiger partial charge in [-0.25, -0.2) is 0 Å². The standard InChI is InChI=1S/C29H48O2Si/c1-7-8-9-10-11-12-17-32(5,6)18-13-14-23-20-26(30)28-24-19-22(2)15-16-25(24)29(3,4)31-27(28)21-23/h19-21,24-25,30H,7-18H2,1-6H3/t24-,25-/m1/s1. The Hall–Kier alpha value is -1.22. The SMILES string of the molecule is CCCCCCCC[Si](C)(C)CCCc1cc(O)c2c(c1)OC(C)(C)[C@@H]1CCC(C)=C[C@@H]21. The molecule has 0 aromatic heterocycles. The molecular weight excluding hydrogens is 408 g/mol. The summed E-state index contributed by atoms with van der Waals surface area (Å²) in [6, 6.07) is 7.09. The molecule has 1 heterocycles. The second-order valence-electron chi connectivity index (χ2n) is 12.0. The molecular formula is C29H48O2Si. The number of phenols is 1. The van der Waals surface area contributed by atoms with Crippen molar-refractivity contribution >= 4 is 8.07 Å². The van der Waals surface area contributed by atoms with Crippen molar-refractivity contribution in [1.29, 1.82) is 0 Å². The third-order valence-electron chi connectivity index (χ3n) is 8.05. The largest absolute Gasteiger partial charge is 0.507 e. The summed E-state index contributed by atoms with van der Waals surface area (Å²) >= 11 is 0. The summed E-state index contributed by atoms with van der Waals surface area (Å²) < 4.78 is 6.51. The Morgan fingerprint density at radius 2 is 1.72 bits per heavy atom. The molecule has 0 bridgehead atoms. The van der Waals surface area contributed by atoms with Gasteiger partial charge in [0, 0.05) is 25.5 Å². The summed E-state index contributed by atoms with van der Waals surface area (Å²) in [6.07, 6.45) is 15.3. The Labute approximate surface area is 198 Å². The van der Waals surface area contributed by atoms with Crippen molar-refractivity contribution in [3.63, 3.8) is 0 Å². The maximum Gasteiger partial charge on any atom is 0.127 e. The number of phenolic OH excluding ortho intramolecular Hbond substituents is 1. The van der Waals surface area contributed by atoms with Gasteiger partial charge in [0.25, 0.3) is 0 Å². The van der Waals surface area contributed by atoms with Gasteiger partial charge >= 0.3 is 0 Å². The van der Waals surface area contributed by atoms with E-state index in [1.807, 2.05) is 6.07 Å². The van der Waals surface area contributed by atoms with Crippen LogP contribution < -0.4 is 4.74 Å². The van der Waals surface area contributed by atoms with Gasteiger partial charge in [0.1, 0.15) is 17.1 Å². The predicted molar refractivity (Wildman–Crippen MR) is 141 cm³/mol. The number of aryl methyl sites for hydroxylation is 1. The van der Waals surface area contributed by atoms with Crippen molar-refractivity contribution in [2.45, 2.75) is 129 Å². The maximum absolute atomic E-state index is 11.0. The Morgan fingerprint density at radius 1 is 1.03 bits per heavy atom. The van der Waals surface area contributed by atoms with E-state index in [0.29, 0.717) is 11.7 Å². The molecule has 1 N–H and O–H groups in total. The first kappa shape index (κ1) is 25.4. The fourth-order valence-electron chi connectivity index (χ4n) is 6.00. The molecule has 32 heavy (non-hydrogen) atoms. The molecule has 1 aliphatic heterocycles. The number of benzene rings is 1. The van der Waals surface area contributed by atoms with Crippen LogP contribution in [0.25, 0.3) is 0 Å². The highest BCUT2D eigenvalue weighted by Gasteiger charge is 2.45. The van der Waals surface area contributed by atoms with Gasteiger partial charge in [0.15, 0.2) is 0 Å². The average Bonchev–Trinajstić information content (AvgIpc) is 2.69. The lowest BCUT2D eigenvalue weighted by Crippen LogP contribution is -2.45. The summed E-state index contributed by atoms with van der Waals surface area (Å²) in [7, 11) is -1.12. The van der Waals surface area contributed by atoms with Crippen LogP contribution in [0.1, 0.15) is 103 Å². The Balaban J connectivity index is 1.59. The normalized spacial score (nSPS) is 22.0. The molecule has 0 saturated heterocycles. The number of rotatable bonds is 11. The average molecular weight is 457 g/mol. The van der Waals surface area contributed by atoms with E-state index in [0.717, 1.165) is 30.6 Å². The summed E-state index contributed by atoms with van der Waals surface area (Å²) in [4.78, 5) is 0. The highest BCUT2D eigenvalue weighted by atomic mass is 28.3. The molecule has 2 atom stereocenters. The molecule has 1 aliphatic carbocycles. The Morgan fingerprint density at radius 3 is 2.47 bits per heavy atom. The third kappa shape index (κ3) is 6.43. The van der Waals surface area contributed by atoms with Gasteiger partial charge in [-0.2, -0.15) is 0 Å². The number of hydrogen-bond acceptors (Lipinski definition) is 2. The number of ether oxygens (including phenoxy) is 1. The van der Waals surface area contributed by atoms with E-state index in [4.69, 9.17) is 4.74 Å². The quantitative estimate of drug-likeness (QED) is 0.204. The molecule has 0 radical (unpaired) electrons. The minimum atomic E-state index is -1.12. The lowest BCUT2D eigenvalue weighted by Gasteiger charge is -2.46. The third-order valence-corrected chi connectivity index (χ3v) is 11.5. The monoisotopic (exact) mass is 456 g/mol. The van der Waals surface area contributed by atoms with Crippen LogP contribution in [0, 0.1) is 5.92 Å². The second kappa shape index (κ2) is 10.8. The van der Waals surface area contributed by atoms with Crippen LogP contribution in [0.15, 0.2) is 23.8 Å². The van der Waals surface area contributed by atoms with Gasteiger partial charge < -0.3 is 9.84 Å². The van der Waals surface area contributed by atoms with Gasteiger partial charge in [0.05, 0.1) is 0 Å². The Kier molecular flexibility index (Phi) is 8.57. The maximum atomic E-state index is 11.0. The van der Waals surface area contributed by atoms with Crippen molar-refractivity contribution in [2.75, 3.05) is 0 Å². The van der Waals surface area contributed by atoms with Crippen LogP contribution in [0.2, 0.25) is 25.2 Å². The number of unbranched alkanes of at least 4 members (excludes halogenated alkanes) is 5. The van der Waals surface area contributed by atoms with Gasteiger partial charge in [-0.15, -0.1) is 0 Å². The van der Waals surface area contributed by atoms with Crippen molar-refractivity contribution < 1.29 is 9.84 Å². The molecule has 2 nitrogen and oxygen atoms in total. The summed E-state index contributed by atoms with van der Waals surface area (Å²) in [5.74, 6) is 2.07. The molecule has 1 aromatic carbocycles. The second-order valence-corrected chi connectivity index (χ2v) is 17.3. The Bertz CT molecular complexity index is 793. The number of hydrogen-bond donors (Lipinski definition) is 1. The molecule has 0 fully saturated rings. The molecule has 0 amide bonds. The van der Waals surface area contributed by atoms with Crippen LogP contribution in [0.3, 0.4) is 0 Å². The zero-order valence-corrected chi connectivity index (χ0v) is 22.7. The lowest BCUT2D eigenvalue weighted by atomic mass is 9.68. The van der Waals surface area contributed by atoms with Gasteiger partial charge in [0.2, 0.25) is 0 Å². The van der Waals surface area contributed by atoms with Gasteiger partial charge in [-0.1, -0.05) is 88.7 Å². The zero-order valence-electron chi connectivity index (χ0n) is 21.7. The first-order chi connectivity index (χ1) is 15.1. The number of fused-ring (bicyclic) bond motifs is 3. The number of aromatic hydroxyl groups is 1. The fraction of sp³-hybridized carbons (Fsp3) is 0.724. The molecule has 1 aromatic rings. The summed E-state index contributed by atoms with van der Waals surface area (Å²) in [6.45, 7) is 14.1. The minimum Gasteiger partial charge on any atom is -0.507 e. The van der Waals surface area contributed by atoms with E-state index < -0.39 is 8.07 Å². The number of allylic oxidation sites excluding steroid dienone is 2. The smallest absolute Gasteiger partial charge is 0.127 e. The van der Waals surface area contributed by atoms with Crippen molar-refractivity contribution in [3.8, 4) is 11.5 Å². The van der Waals surface area contributed by atoms with Crippen LogP contribution >= 0.6 is 0 Å². The minimum absolute atomic E-state index is 0.189. The van der Waals surface area contributed by atoms with E-state index in [1.54, 1.807) is 0 Å². The van der Waals surface area contributed by atoms with E-state index in [1.165, 1.54) is 68.2 Å². The fourth-order valence-corrected chi connectivity index (χ4v) is 8.59. The molecule has 180 valence electrons. The van der Waals surface area contributed by atoms with Crippen molar-refractivity contribution in [2.24, 2.45) is 5.92 Å². The molecule has 0 spiro atoms. The highest BCUT2D eigenvalue weighted by molar-refractivity contribution is 6.77. The first-order valence-corrected chi connectivity index (χ1v) is 16.8. The molecule has 0 saturated carbocycles. The van der Waals surface area contributed by atoms with Crippen molar-refractivity contribution in [3.05, 3.63) is 34.9 Å². The van der Waals surface area contributed by atoms with Crippen LogP contribution in [0.4, 0.5) is 0 Å². The topological polar surface area (TPSA) is 29.5 Å². The summed E-state index contributed by atoms with van der Waals surface area (Å²) in [5, 5.41) is 11.0. The van der Waals surface area contributed by atoms with Crippen LogP contribution in [0.5, 0.6) is 11.5 Å². The molecule has 3 heteroatoms. The van der Waals surface area contributed by atoms with Crippen LogP contribution in [-0.2, 0) is 6.42 Å². The molecule has 2 aliphatic rings.